The minimum atomic E-state index is 0.429. The summed E-state index contributed by atoms with van der Waals surface area (Å²) < 4.78 is 1.31. The summed E-state index contributed by atoms with van der Waals surface area (Å²) in [7, 11) is 1.89. The van der Waals surface area contributed by atoms with Crippen LogP contribution in [0.3, 0.4) is 0 Å². The normalized spacial score (nSPS) is 13.6. The molecule has 15 heavy (non-hydrogen) atoms. The van der Waals surface area contributed by atoms with Crippen molar-refractivity contribution in [2.75, 3.05) is 7.05 Å². The van der Waals surface area contributed by atoms with Crippen LogP contribution in [0.2, 0.25) is 5.82 Å². The Morgan fingerprint density at radius 1 is 1.47 bits per heavy atom. The number of aliphatic imine (C=N–C) groups is 1. The van der Waals surface area contributed by atoms with E-state index in [2.05, 4.69) is 41.7 Å². The van der Waals surface area contributed by atoms with E-state index in [1.807, 2.05) is 19.2 Å². The third kappa shape index (κ3) is 3.33. The van der Waals surface area contributed by atoms with Crippen molar-refractivity contribution in [1.29, 1.82) is 0 Å². The Morgan fingerprint density at radius 2 is 2.13 bits per heavy atom. The van der Waals surface area contributed by atoms with Gasteiger partial charge in [-0.25, -0.2) is 0 Å². The molecule has 1 unspecified atom stereocenters. The van der Waals surface area contributed by atoms with Crippen molar-refractivity contribution in [3.05, 3.63) is 48.6 Å². The Labute approximate surface area is 98.5 Å². The average Bonchev–Trinajstić information content (AvgIpc) is 2.30. The SMILES string of the molecule is C=CCC(C(=NC)[Se]C)c1ccccc1. The molecule has 1 aromatic carbocycles. The summed E-state index contributed by atoms with van der Waals surface area (Å²) in [6, 6.07) is 10.6. The van der Waals surface area contributed by atoms with E-state index in [-0.39, 0.29) is 0 Å². The number of nitrogens with zero attached hydrogens (tertiary/aromatic N) is 1. The summed E-state index contributed by atoms with van der Waals surface area (Å²) >= 11 is 0.471. The van der Waals surface area contributed by atoms with Crippen LogP contribution in [0.4, 0.5) is 0 Å². The molecule has 0 N–H and O–H groups in total. The fourth-order valence-corrected chi connectivity index (χ4v) is 3.09. The van der Waals surface area contributed by atoms with E-state index in [4.69, 9.17) is 0 Å². The average molecular weight is 266 g/mol. The molecule has 2 heteroatoms. The summed E-state index contributed by atoms with van der Waals surface area (Å²) in [5, 5.41) is 0. The van der Waals surface area contributed by atoms with Crippen molar-refractivity contribution in [2.24, 2.45) is 4.99 Å². The van der Waals surface area contributed by atoms with Crippen molar-refractivity contribution in [3.63, 3.8) is 0 Å². The third-order valence-corrected chi connectivity index (χ3v) is 4.19. The van der Waals surface area contributed by atoms with Gasteiger partial charge in [-0.1, -0.05) is 0 Å². The van der Waals surface area contributed by atoms with Crippen LogP contribution in [-0.4, -0.2) is 26.6 Å². The zero-order valence-electron chi connectivity index (χ0n) is 9.31. The molecule has 0 fully saturated rings. The van der Waals surface area contributed by atoms with Crippen molar-refractivity contribution < 1.29 is 0 Å². The zero-order valence-corrected chi connectivity index (χ0v) is 11.0. The van der Waals surface area contributed by atoms with E-state index in [1.54, 1.807) is 0 Å². The number of benzene rings is 1. The number of rotatable bonds is 5. The van der Waals surface area contributed by atoms with Crippen molar-refractivity contribution >= 4 is 19.6 Å². The molecule has 0 heterocycles. The summed E-state index contributed by atoms with van der Waals surface area (Å²) in [6.07, 6.45) is 2.96. The molecule has 0 saturated carbocycles. The molecular formula is C13H17NSe. The van der Waals surface area contributed by atoms with Crippen LogP contribution in [0.1, 0.15) is 17.9 Å². The topological polar surface area (TPSA) is 12.4 Å². The van der Waals surface area contributed by atoms with Gasteiger partial charge in [-0.05, 0) is 0 Å². The molecular weight excluding hydrogens is 249 g/mol. The molecule has 0 saturated heterocycles. The molecule has 0 radical (unpaired) electrons. The van der Waals surface area contributed by atoms with Gasteiger partial charge in [0.2, 0.25) is 0 Å². The number of allylic oxidation sites excluding steroid dienone is 1. The Bertz CT molecular complexity index is 330. The van der Waals surface area contributed by atoms with Gasteiger partial charge in [0.15, 0.2) is 0 Å². The standard InChI is InChI=1S/C13H17NSe/c1-4-8-12(13(14-2)15-3)11-9-6-5-7-10-11/h4-7,9-10,12H,1,8H2,2-3H3. The van der Waals surface area contributed by atoms with Gasteiger partial charge in [0.05, 0.1) is 0 Å². The molecule has 0 bridgehead atoms. The Kier molecular flexibility index (Phi) is 5.38. The van der Waals surface area contributed by atoms with E-state index in [0.717, 1.165) is 6.42 Å². The van der Waals surface area contributed by atoms with E-state index in [1.165, 1.54) is 10.2 Å². The van der Waals surface area contributed by atoms with Crippen LogP contribution in [0.25, 0.3) is 0 Å². The molecule has 0 aliphatic rings. The maximum absolute atomic E-state index is 4.40. The molecule has 0 aromatic heterocycles. The maximum atomic E-state index is 4.40. The van der Waals surface area contributed by atoms with E-state index >= 15 is 0 Å². The van der Waals surface area contributed by atoms with Crippen LogP contribution in [0, 0.1) is 0 Å². The van der Waals surface area contributed by atoms with Gasteiger partial charge >= 0.3 is 98.3 Å². The molecule has 1 atom stereocenters. The number of hydrogen-bond acceptors (Lipinski definition) is 1. The predicted octanol–water partition coefficient (Wildman–Crippen LogP) is 3.13. The van der Waals surface area contributed by atoms with Crippen LogP contribution < -0.4 is 0 Å². The Hall–Kier alpha value is -0.851. The molecule has 1 aromatic rings. The van der Waals surface area contributed by atoms with E-state index in [9.17, 15) is 0 Å². The third-order valence-electron chi connectivity index (χ3n) is 2.33. The quantitative estimate of drug-likeness (QED) is 0.441. The van der Waals surface area contributed by atoms with Crippen molar-refractivity contribution in [1.82, 2.24) is 0 Å². The van der Waals surface area contributed by atoms with Gasteiger partial charge in [0.25, 0.3) is 0 Å². The second kappa shape index (κ2) is 6.60. The van der Waals surface area contributed by atoms with Crippen molar-refractivity contribution in [2.45, 2.75) is 18.2 Å². The first-order valence-electron chi connectivity index (χ1n) is 5.00. The summed E-state index contributed by atoms with van der Waals surface area (Å²) in [4.78, 5) is 4.40. The van der Waals surface area contributed by atoms with E-state index < -0.39 is 0 Å². The fraction of sp³-hybridized carbons (Fsp3) is 0.308. The summed E-state index contributed by atoms with van der Waals surface area (Å²) in [6.45, 7) is 3.83. The molecule has 0 aliphatic heterocycles. The minimum absolute atomic E-state index is 0.429. The number of hydrogen-bond donors (Lipinski definition) is 0. The van der Waals surface area contributed by atoms with Crippen LogP contribution in [-0.2, 0) is 0 Å². The molecule has 1 nitrogen and oxygen atoms in total. The van der Waals surface area contributed by atoms with Gasteiger partial charge in [0, 0.05) is 0 Å². The van der Waals surface area contributed by atoms with Crippen LogP contribution in [0.5, 0.6) is 0 Å². The van der Waals surface area contributed by atoms with Gasteiger partial charge in [-0.3, -0.25) is 0 Å². The first kappa shape index (κ1) is 12.2. The first-order valence-corrected chi connectivity index (χ1v) is 7.57. The molecule has 0 aliphatic carbocycles. The monoisotopic (exact) mass is 267 g/mol. The van der Waals surface area contributed by atoms with E-state index in [0.29, 0.717) is 20.9 Å². The molecule has 1 rings (SSSR count). The molecule has 0 spiro atoms. The first-order chi connectivity index (χ1) is 7.33. The van der Waals surface area contributed by atoms with Crippen LogP contribution >= 0.6 is 0 Å². The van der Waals surface area contributed by atoms with Crippen molar-refractivity contribution in [3.8, 4) is 0 Å². The fourth-order valence-electron chi connectivity index (χ4n) is 1.62. The Morgan fingerprint density at radius 3 is 2.60 bits per heavy atom. The predicted molar refractivity (Wildman–Crippen MR) is 69.0 cm³/mol. The van der Waals surface area contributed by atoms with Gasteiger partial charge in [0.1, 0.15) is 0 Å². The summed E-state index contributed by atoms with van der Waals surface area (Å²) in [5.41, 5.74) is 1.35. The zero-order chi connectivity index (χ0) is 11.1. The molecule has 80 valence electrons. The van der Waals surface area contributed by atoms with Gasteiger partial charge < -0.3 is 0 Å². The van der Waals surface area contributed by atoms with Gasteiger partial charge in [-0.15, -0.1) is 0 Å². The molecule has 0 amide bonds. The Balaban J connectivity index is 2.97. The second-order valence-electron chi connectivity index (χ2n) is 3.25. The summed E-state index contributed by atoms with van der Waals surface area (Å²) in [5.74, 6) is 2.65. The van der Waals surface area contributed by atoms with Crippen LogP contribution in [0.15, 0.2) is 48.0 Å². The second-order valence-corrected chi connectivity index (χ2v) is 4.99. The van der Waals surface area contributed by atoms with Gasteiger partial charge in [-0.2, -0.15) is 0 Å².